The summed E-state index contributed by atoms with van der Waals surface area (Å²) >= 11 is 4.23. The van der Waals surface area contributed by atoms with Crippen molar-refractivity contribution in [2.75, 3.05) is 30.8 Å². The first-order valence-corrected chi connectivity index (χ1v) is 8.82. The predicted octanol–water partition coefficient (Wildman–Crippen LogP) is 2.58. The number of rotatable bonds is 3. The van der Waals surface area contributed by atoms with Gasteiger partial charge in [-0.15, -0.1) is 0 Å². The molecule has 1 aromatic heterocycles. The van der Waals surface area contributed by atoms with Crippen molar-refractivity contribution in [1.29, 1.82) is 0 Å². The minimum absolute atomic E-state index is 0.295. The molecule has 106 valence electrons. The smallest absolute Gasteiger partial charge is 0.149 e. The van der Waals surface area contributed by atoms with Gasteiger partial charge in [0.25, 0.3) is 0 Å². The zero-order valence-electron chi connectivity index (χ0n) is 11.7. The van der Waals surface area contributed by atoms with Crippen LogP contribution in [0.4, 0.5) is 5.82 Å². The molecule has 2 N–H and O–H groups in total. The van der Waals surface area contributed by atoms with E-state index in [0.717, 1.165) is 33.8 Å². The van der Waals surface area contributed by atoms with Gasteiger partial charge in [0.2, 0.25) is 0 Å². The largest absolute Gasteiger partial charge is 0.383 e. The van der Waals surface area contributed by atoms with Crippen LogP contribution in [-0.4, -0.2) is 40.0 Å². The van der Waals surface area contributed by atoms with Gasteiger partial charge in [-0.05, 0) is 42.0 Å². The highest BCUT2D eigenvalue weighted by molar-refractivity contribution is 14.1. The van der Waals surface area contributed by atoms with Crippen LogP contribution < -0.4 is 5.73 Å². The van der Waals surface area contributed by atoms with Crippen molar-refractivity contribution in [3.63, 3.8) is 0 Å². The van der Waals surface area contributed by atoms with E-state index in [0.29, 0.717) is 17.8 Å². The summed E-state index contributed by atoms with van der Waals surface area (Å²) in [6, 6.07) is 0.295. The van der Waals surface area contributed by atoms with Crippen molar-refractivity contribution >= 4 is 40.2 Å². The Hall–Kier alpha value is -0.0800. The Labute approximate surface area is 133 Å². The Morgan fingerprint density at radius 1 is 1.47 bits per heavy atom. The van der Waals surface area contributed by atoms with Gasteiger partial charge in [-0.2, -0.15) is 11.8 Å². The minimum Gasteiger partial charge on any atom is -0.383 e. The average Bonchev–Trinajstić information content (AvgIpc) is 2.35. The molecule has 0 saturated carbocycles. The SMILES string of the molecule is CC(C)Cc1nc(C2CSCCN2C)nc(N)c1I. The van der Waals surface area contributed by atoms with Gasteiger partial charge in [-0.25, -0.2) is 9.97 Å². The summed E-state index contributed by atoms with van der Waals surface area (Å²) in [7, 11) is 2.14. The molecule has 0 aliphatic carbocycles. The van der Waals surface area contributed by atoms with Crippen LogP contribution in [0.25, 0.3) is 0 Å². The molecule has 1 saturated heterocycles. The first-order valence-electron chi connectivity index (χ1n) is 6.58. The summed E-state index contributed by atoms with van der Waals surface area (Å²) in [4.78, 5) is 11.6. The maximum absolute atomic E-state index is 6.07. The van der Waals surface area contributed by atoms with Crippen molar-refractivity contribution < 1.29 is 0 Å². The lowest BCUT2D eigenvalue weighted by Crippen LogP contribution is -2.34. The quantitative estimate of drug-likeness (QED) is 0.802. The van der Waals surface area contributed by atoms with Gasteiger partial charge in [0.15, 0.2) is 0 Å². The number of halogens is 1. The van der Waals surface area contributed by atoms with E-state index in [1.807, 2.05) is 11.8 Å². The van der Waals surface area contributed by atoms with E-state index in [-0.39, 0.29) is 0 Å². The molecule has 1 aliphatic heterocycles. The molecule has 19 heavy (non-hydrogen) atoms. The molecular weight excluding hydrogens is 371 g/mol. The second kappa shape index (κ2) is 6.58. The van der Waals surface area contributed by atoms with Gasteiger partial charge >= 0.3 is 0 Å². The topological polar surface area (TPSA) is 55.0 Å². The van der Waals surface area contributed by atoms with E-state index in [4.69, 9.17) is 10.7 Å². The summed E-state index contributed by atoms with van der Waals surface area (Å²) in [5.74, 6) is 4.34. The molecule has 0 aromatic carbocycles. The molecule has 0 bridgehead atoms. The molecule has 1 atom stereocenters. The summed E-state index contributed by atoms with van der Waals surface area (Å²) in [5, 5.41) is 0. The second-order valence-electron chi connectivity index (χ2n) is 5.40. The summed E-state index contributed by atoms with van der Waals surface area (Å²) in [5.41, 5.74) is 7.16. The maximum Gasteiger partial charge on any atom is 0.149 e. The van der Waals surface area contributed by atoms with Crippen molar-refractivity contribution in [3.8, 4) is 0 Å². The summed E-state index contributed by atoms with van der Waals surface area (Å²) < 4.78 is 1.01. The summed E-state index contributed by atoms with van der Waals surface area (Å²) in [6.07, 6.45) is 0.960. The summed E-state index contributed by atoms with van der Waals surface area (Å²) in [6.45, 7) is 5.50. The van der Waals surface area contributed by atoms with Crippen LogP contribution >= 0.6 is 34.4 Å². The van der Waals surface area contributed by atoms with Crippen LogP contribution in [0.5, 0.6) is 0 Å². The monoisotopic (exact) mass is 392 g/mol. The fraction of sp³-hybridized carbons (Fsp3) is 0.692. The molecule has 6 heteroatoms. The molecular formula is C13H21IN4S. The van der Waals surface area contributed by atoms with Crippen LogP contribution in [0.15, 0.2) is 0 Å². The third-order valence-electron chi connectivity index (χ3n) is 3.26. The molecule has 1 unspecified atom stereocenters. The molecule has 4 nitrogen and oxygen atoms in total. The third-order valence-corrected chi connectivity index (χ3v) is 5.46. The lowest BCUT2D eigenvalue weighted by Gasteiger charge is -2.31. The van der Waals surface area contributed by atoms with Crippen molar-refractivity contribution in [1.82, 2.24) is 14.9 Å². The third kappa shape index (κ3) is 3.72. The number of nitrogen functional groups attached to an aromatic ring is 1. The van der Waals surface area contributed by atoms with E-state index in [9.17, 15) is 0 Å². The Bertz CT molecular complexity index is 453. The van der Waals surface area contributed by atoms with Crippen LogP contribution in [-0.2, 0) is 6.42 Å². The van der Waals surface area contributed by atoms with E-state index in [2.05, 4.69) is 53.4 Å². The van der Waals surface area contributed by atoms with Gasteiger partial charge in [-0.3, -0.25) is 4.90 Å². The fourth-order valence-corrected chi connectivity index (χ4v) is 3.83. The number of anilines is 1. The van der Waals surface area contributed by atoms with Gasteiger partial charge in [0, 0.05) is 18.1 Å². The van der Waals surface area contributed by atoms with Crippen molar-refractivity contribution in [3.05, 3.63) is 15.1 Å². The highest BCUT2D eigenvalue weighted by Crippen LogP contribution is 2.28. The van der Waals surface area contributed by atoms with Crippen LogP contribution in [0.3, 0.4) is 0 Å². The highest BCUT2D eigenvalue weighted by atomic mass is 127. The molecule has 0 amide bonds. The van der Waals surface area contributed by atoms with E-state index in [1.54, 1.807) is 0 Å². The molecule has 1 fully saturated rings. The normalized spacial score (nSPS) is 21.0. The number of hydrogen-bond donors (Lipinski definition) is 1. The molecule has 0 spiro atoms. The van der Waals surface area contributed by atoms with Gasteiger partial charge in [0.05, 0.1) is 15.3 Å². The average molecular weight is 392 g/mol. The lowest BCUT2D eigenvalue weighted by atomic mass is 10.1. The Morgan fingerprint density at radius 2 is 2.21 bits per heavy atom. The van der Waals surface area contributed by atoms with Crippen LogP contribution in [0.1, 0.15) is 31.4 Å². The molecule has 1 aliphatic rings. The van der Waals surface area contributed by atoms with E-state index >= 15 is 0 Å². The van der Waals surface area contributed by atoms with E-state index < -0.39 is 0 Å². The predicted molar refractivity (Wildman–Crippen MR) is 90.4 cm³/mol. The fourth-order valence-electron chi connectivity index (χ4n) is 2.16. The minimum atomic E-state index is 0.295. The Kier molecular flexibility index (Phi) is 5.30. The Morgan fingerprint density at radius 3 is 2.84 bits per heavy atom. The van der Waals surface area contributed by atoms with Gasteiger partial charge in [0.1, 0.15) is 11.6 Å². The number of aromatic nitrogens is 2. The number of thioether (sulfide) groups is 1. The van der Waals surface area contributed by atoms with Crippen LogP contribution in [0.2, 0.25) is 0 Å². The van der Waals surface area contributed by atoms with Crippen LogP contribution in [0, 0.1) is 9.49 Å². The van der Waals surface area contributed by atoms with Crippen molar-refractivity contribution in [2.45, 2.75) is 26.3 Å². The second-order valence-corrected chi connectivity index (χ2v) is 7.63. The molecule has 2 rings (SSSR count). The molecule has 2 heterocycles. The highest BCUT2D eigenvalue weighted by Gasteiger charge is 2.25. The zero-order chi connectivity index (χ0) is 14.0. The lowest BCUT2D eigenvalue weighted by molar-refractivity contribution is 0.264. The standard InChI is InChI=1S/C13H21IN4S/c1-8(2)6-9-11(14)12(15)17-13(16-9)10-7-19-5-4-18(10)3/h8,10H,4-7H2,1-3H3,(H2,15,16,17). The molecule has 0 radical (unpaired) electrons. The van der Waals surface area contributed by atoms with E-state index in [1.165, 1.54) is 5.75 Å². The Balaban J connectivity index is 2.32. The number of hydrogen-bond acceptors (Lipinski definition) is 5. The maximum atomic E-state index is 6.07. The van der Waals surface area contributed by atoms with Crippen molar-refractivity contribution in [2.24, 2.45) is 5.92 Å². The number of nitrogens with two attached hydrogens (primary N) is 1. The first-order chi connectivity index (χ1) is 8.99. The zero-order valence-corrected chi connectivity index (χ0v) is 14.7. The van der Waals surface area contributed by atoms with Gasteiger partial charge in [-0.1, -0.05) is 13.8 Å². The number of nitrogens with zero attached hydrogens (tertiary/aromatic N) is 3. The molecule has 1 aromatic rings. The first kappa shape index (κ1) is 15.3. The van der Waals surface area contributed by atoms with Gasteiger partial charge < -0.3 is 5.73 Å².